The number of hydrogen-bond acceptors (Lipinski definition) is 4. The highest BCUT2D eigenvalue weighted by atomic mass is 19.4. The number of aromatic nitrogens is 2. The Morgan fingerprint density at radius 1 is 0.974 bits per heavy atom. The first-order chi connectivity index (χ1) is 18.0. The van der Waals surface area contributed by atoms with Crippen LogP contribution in [-0.2, 0) is 22.2 Å². The first kappa shape index (κ1) is 26.7. The van der Waals surface area contributed by atoms with Gasteiger partial charge in [-0.25, -0.2) is 9.37 Å². The standard InChI is InChI=1S/C28H23F4N3O3/c1-17(36)16-34(25(37)15-19-7-9-20(10-8-19)28(30,31)32)18(2)26-33-24-6-4-3-5-23(24)27(38)35(26)22-13-11-21(29)12-14-22/h3-14,18H,15-16H2,1-2H3. The van der Waals surface area contributed by atoms with Crippen LogP contribution in [0.1, 0.15) is 36.8 Å². The minimum Gasteiger partial charge on any atom is -0.325 e. The highest BCUT2D eigenvalue weighted by molar-refractivity contribution is 5.86. The Labute approximate surface area is 215 Å². The third kappa shape index (κ3) is 5.64. The van der Waals surface area contributed by atoms with Crippen LogP contribution in [0.15, 0.2) is 77.6 Å². The molecule has 1 heterocycles. The largest absolute Gasteiger partial charge is 0.416 e. The van der Waals surface area contributed by atoms with Crippen LogP contribution in [0.25, 0.3) is 16.6 Å². The van der Waals surface area contributed by atoms with Gasteiger partial charge in [-0.3, -0.25) is 19.0 Å². The first-order valence-corrected chi connectivity index (χ1v) is 11.7. The summed E-state index contributed by atoms with van der Waals surface area (Å²) < 4.78 is 53.7. The highest BCUT2D eigenvalue weighted by Crippen LogP contribution is 2.29. The van der Waals surface area contributed by atoms with E-state index in [9.17, 15) is 31.9 Å². The number of nitrogens with zero attached hydrogens (tertiary/aromatic N) is 3. The summed E-state index contributed by atoms with van der Waals surface area (Å²) >= 11 is 0. The monoisotopic (exact) mass is 525 g/mol. The summed E-state index contributed by atoms with van der Waals surface area (Å²) in [6.45, 7) is 2.59. The quantitative estimate of drug-likeness (QED) is 0.309. The van der Waals surface area contributed by atoms with Gasteiger partial charge < -0.3 is 4.90 Å². The lowest BCUT2D eigenvalue weighted by Gasteiger charge is -2.30. The molecule has 0 spiro atoms. The van der Waals surface area contributed by atoms with Crippen molar-refractivity contribution >= 4 is 22.6 Å². The Balaban J connectivity index is 1.78. The molecule has 0 fully saturated rings. The zero-order chi connectivity index (χ0) is 27.6. The van der Waals surface area contributed by atoms with Crippen molar-refractivity contribution in [2.45, 2.75) is 32.5 Å². The van der Waals surface area contributed by atoms with E-state index in [0.29, 0.717) is 22.2 Å². The molecule has 0 aliphatic heterocycles. The van der Waals surface area contributed by atoms with E-state index in [1.54, 1.807) is 31.2 Å². The van der Waals surface area contributed by atoms with Crippen LogP contribution in [-0.4, -0.2) is 32.7 Å². The van der Waals surface area contributed by atoms with Gasteiger partial charge in [0.05, 0.1) is 41.2 Å². The normalized spacial score (nSPS) is 12.4. The van der Waals surface area contributed by atoms with Crippen molar-refractivity contribution in [1.29, 1.82) is 0 Å². The van der Waals surface area contributed by atoms with Crippen molar-refractivity contribution in [3.05, 3.63) is 106 Å². The summed E-state index contributed by atoms with van der Waals surface area (Å²) in [5.74, 6) is -1.24. The van der Waals surface area contributed by atoms with Crippen molar-refractivity contribution in [3.8, 4) is 5.69 Å². The maximum Gasteiger partial charge on any atom is 0.416 e. The summed E-state index contributed by atoms with van der Waals surface area (Å²) in [4.78, 5) is 44.9. The molecule has 0 aliphatic rings. The van der Waals surface area contributed by atoms with Crippen LogP contribution < -0.4 is 5.56 Å². The highest BCUT2D eigenvalue weighted by Gasteiger charge is 2.31. The van der Waals surface area contributed by atoms with Gasteiger partial charge in [-0.2, -0.15) is 13.2 Å². The lowest BCUT2D eigenvalue weighted by atomic mass is 10.1. The fraction of sp³-hybridized carbons (Fsp3) is 0.214. The molecule has 0 saturated heterocycles. The Morgan fingerprint density at radius 3 is 2.21 bits per heavy atom. The average Bonchev–Trinajstić information content (AvgIpc) is 2.87. The minimum absolute atomic E-state index is 0.141. The van der Waals surface area contributed by atoms with Gasteiger partial charge in [-0.1, -0.05) is 24.3 Å². The predicted molar refractivity (Wildman–Crippen MR) is 133 cm³/mol. The molecule has 1 amide bonds. The van der Waals surface area contributed by atoms with Crippen LogP contribution in [0.2, 0.25) is 0 Å². The van der Waals surface area contributed by atoms with Crippen molar-refractivity contribution in [2.24, 2.45) is 0 Å². The van der Waals surface area contributed by atoms with Gasteiger partial charge in [0.2, 0.25) is 5.91 Å². The molecule has 10 heteroatoms. The van der Waals surface area contributed by atoms with Gasteiger partial charge in [-0.15, -0.1) is 0 Å². The van der Waals surface area contributed by atoms with Crippen molar-refractivity contribution in [2.75, 3.05) is 6.54 Å². The molecule has 196 valence electrons. The number of carbonyl (C=O) groups is 2. The van der Waals surface area contributed by atoms with Crippen LogP contribution in [0.3, 0.4) is 0 Å². The van der Waals surface area contributed by atoms with E-state index in [1.165, 1.54) is 52.8 Å². The molecule has 1 aromatic heterocycles. The molecule has 38 heavy (non-hydrogen) atoms. The number of rotatable bonds is 7. The van der Waals surface area contributed by atoms with Crippen LogP contribution in [0, 0.1) is 5.82 Å². The summed E-state index contributed by atoms with van der Waals surface area (Å²) in [5.41, 5.74) is -0.273. The molecule has 1 atom stereocenters. The number of alkyl halides is 3. The number of Topliss-reactive ketones (excluding diaryl/α,β-unsaturated/α-hetero) is 1. The SMILES string of the molecule is CC(=O)CN(C(=O)Cc1ccc(C(F)(F)F)cc1)C(C)c1nc2ccccc2c(=O)n1-c1ccc(F)cc1. The Bertz CT molecular complexity index is 1550. The minimum atomic E-state index is -4.51. The molecule has 1 unspecified atom stereocenters. The predicted octanol–water partition coefficient (Wildman–Crippen LogP) is 5.26. The zero-order valence-electron chi connectivity index (χ0n) is 20.5. The van der Waals surface area contributed by atoms with E-state index in [1.807, 2.05) is 0 Å². The van der Waals surface area contributed by atoms with Crippen molar-refractivity contribution < 1.29 is 27.2 Å². The van der Waals surface area contributed by atoms with Crippen molar-refractivity contribution in [1.82, 2.24) is 14.5 Å². The Kier molecular flexibility index (Phi) is 7.43. The number of halogens is 4. The zero-order valence-corrected chi connectivity index (χ0v) is 20.5. The van der Waals surface area contributed by atoms with E-state index >= 15 is 0 Å². The molecule has 0 bridgehead atoms. The lowest BCUT2D eigenvalue weighted by Crippen LogP contribution is -2.40. The second kappa shape index (κ2) is 10.6. The van der Waals surface area contributed by atoms with E-state index in [4.69, 9.17) is 0 Å². The second-order valence-corrected chi connectivity index (χ2v) is 8.88. The molecule has 0 aliphatic carbocycles. The maximum absolute atomic E-state index is 13.6. The van der Waals surface area contributed by atoms with Crippen LogP contribution in [0.4, 0.5) is 17.6 Å². The number of hydrogen-bond donors (Lipinski definition) is 0. The summed E-state index contributed by atoms with van der Waals surface area (Å²) in [6, 6.07) is 15.1. The molecule has 0 radical (unpaired) electrons. The van der Waals surface area contributed by atoms with Gasteiger partial charge in [0.25, 0.3) is 5.56 Å². The van der Waals surface area contributed by atoms with E-state index < -0.39 is 35.1 Å². The molecular weight excluding hydrogens is 502 g/mol. The van der Waals surface area contributed by atoms with Crippen LogP contribution >= 0.6 is 0 Å². The molecule has 0 saturated carbocycles. The van der Waals surface area contributed by atoms with Gasteiger partial charge in [0.15, 0.2) is 0 Å². The number of amides is 1. The third-order valence-corrected chi connectivity index (χ3v) is 6.08. The van der Waals surface area contributed by atoms with E-state index in [-0.39, 0.29) is 24.6 Å². The average molecular weight is 526 g/mol. The molecule has 4 aromatic rings. The van der Waals surface area contributed by atoms with Gasteiger partial charge in [0, 0.05) is 0 Å². The van der Waals surface area contributed by atoms with Gasteiger partial charge in [0.1, 0.15) is 17.4 Å². The van der Waals surface area contributed by atoms with E-state index in [2.05, 4.69) is 4.98 Å². The number of para-hydroxylation sites is 1. The first-order valence-electron chi connectivity index (χ1n) is 11.7. The maximum atomic E-state index is 13.6. The fourth-order valence-electron chi connectivity index (χ4n) is 4.18. The van der Waals surface area contributed by atoms with E-state index in [0.717, 1.165) is 12.1 Å². The molecular formula is C28H23F4N3O3. The Hall–Kier alpha value is -4.34. The Morgan fingerprint density at radius 2 is 1.61 bits per heavy atom. The summed E-state index contributed by atoms with van der Waals surface area (Å²) in [6.07, 6.45) is -4.78. The molecule has 4 rings (SSSR count). The number of ketones is 1. The van der Waals surface area contributed by atoms with Gasteiger partial charge in [-0.05, 0) is 67.9 Å². The second-order valence-electron chi connectivity index (χ2n) is 8.88. The smallest absolute Gasteiger partial charge is 0.325 e. The molecule has 6 nitrogen and oxygen atoms in total. The number of fused-ring (bicyclic) bond motifs is 1. The number of carbonyl (C=O) groups excluding carboxylic acids is 2. The summed E-state index contributed by atoms with van der Waals surface area (Å²) in [5, 5.41) is 0.307. The van der Waals surface area contributed by atoms with Crippen molar-refractivity contribution in [3.63, 3.8) is 0 Å². The molecule has 0 N–H and O–H groups in total. The van der Waals surface area contributed by atoms with Crippen LogP contribution in [0.5, 0.6) is 0 Å². The van der Waals surface area contributed by atoms with Gasteiger partial charge >= 0.3 is 6.18 Å². The molecule has 3 aromatic carbocycles. The summed E-state index contributed by atoms with van der Waals surface area (Å²) in [7, 11) is 0. The number of benzene rings is 3. The topological polar surface area (TPSA) is 72.3 Å². The third-order valence-electron chi connectivity index (χ3n) is 6.08. The lowest BCUT2D eigenvalue weighted by molar-refractivity contribution is -0.137. The fourth-order valence-corrected chi connectivity index (χ4v) is 4.18.